The summed E-state index contributed by atoms with van der Waals surface area (Å²) in [5, 5.41) is 2.22. The molecule has 0 fully saturated rings. The zero-order chi connectivity index (χ0) is 34.2. The summed E-state index contributed by atoms with van der Waals surface area (Å²) in [6, 6.07) is 36.3. The molecule has 0 aliphatic heterocycles. The van der Waals surface area contributed by atoms with Gasteiger partial charge in [-0.1, -0.05) is 61.2 Å². The Bertz CT molecular complexity index is 2240. The number of benzene rings is 4. The number of hydrogen-bond acceptors (Lipinski definition) is 3. The topological polar surface area (TPSA) is 38.9 Å². The maximum atomic E-state index is 6.20. The molecule has 49 heavy (non-hydrogen) atoms. The summed E-state index contributed by atoms with van der Waals surface area (Å²) in [4.78, 5) is 9.21. The Hall–Kier alpha value is -3.83. The summed E-state index contributed by atoms with van der Waals surface area (Å²) in [6.07, 6.45) is 3.97. The third kappa shape index (κ3) is 7.99. The average molecular weight is 882 g/mol. The molecule has 0 aliphatic rings. The molecule has 0 unspecified atom stereocenters. The molecule has 4 aromatic carbocycles. The average Bonchev–Trinajstić information content (AvgIpc) is 3.41. The molecule has 0 saturated carbocycles. The van der Waals surface area contributed by atoms with Crippen LogP contribution in [-0.4, -0.2) is 23.2 Å². The first-order valence-electron chi connectivity index (χ1n) is 16.8. The number of nitrogens with zero attached hydrogens (tertiary/aromatic N) is 2. The predicted molar refractivity (Wildman–Crippen MR) is 206 cm³/mol. The maximum Gasteiger partial charge on any atom is 0.121 e. The number of aromatic nitrogens is 2. The number of rotatable bonds is 5. The standard InChI is InChI=1S/C28H24NO.C16H20GeN.Ir/c1-17(2)20-12-13-29-25(15-20)21-9-11-26-24(14-21)23-10-8-22(16-27(23)30-26)28-18(3)6-5-7-19(28)4;1-12-7-6-8-14(9-12)16-10-13(2)15(11-18-16)17(3,4)5;/h5-8,10-17H,1-4H3;6-7,9-11H,1-5H3;/q2*-1;. The molecule has 0 saturated heterocycles. The van der Waals surface area contributed by atoms with Crippen LogP contribution in [0, 0.1) is 39.8 Å². The molecular formula is C44H44GeIrN2O-2. The van der Waals surface area contributed by atoms with Crippen LogP contribution in [0.3, 0.4) is 0 Å². The third-order valence-corrected chi connectivity index (χ3v) is 13.5. The van der Waals surface area contributed by atoms with Gasteiger partial charge < -0.3 is 9.40 Å². The number of aryl methyl sites for hydroxylation is 4. The maximum absolute atomic E-state index is 6.20. The van der Waals surface area contributed by atoms with Crippen molar-refractivity contribution < 1.29 is 24.5 Å². The van der Waals surface area contributed by atoms with E-state index in [0.717, 1.165) is 44.5 Å². The van der Waals surface area contributed by atoms with E-state index in [1.54, 1.807) is 0 Å². The second-order valence-electron chi connectivity index (χ2n) is 14.2. The van der Waals surface area contributed by atoms with Crippen LogP contribution in [0.2, 0.25) is 17.3 Å². The first-order chi connectivity index (χ1) is 22.9. The minimum absolute atomic E-state index is 0. The SMILES string of the molecule is Cc1cc[c-]c(-c2cc(C)[c]([Ge]([CH3])([CH3])[CH3])cn2)c1.Cc1cccc(C)c1-c1ccc2c(c1)oc1c[c-]c(-c3cc(C(C)C)ccn3)cc12.[Ir]. The molecule has 3 nitrogen and oxygen atoms in total. The van der Waals surface area contributed by atoms with Gasteiger partial charge in [-0.25, -0.2) is 0 Å². The van der Waals surface area contributed by atoms with Gasteiger partial charge in [0.1, 0.15) is 5.58 Å². The summed E-state index contributed by atoms with van der Waals surface area (Å²) in [7, 11) is 0. The van der Waals surface area contributed by atoms with Gasteiger partial charge in [-0.2, -0.15) is 0 Å². The van der Waals surface area contributed by atoms with Gasteiger partial charge in [0.2, 0.25) is 0 Å². The van der Waals surface area contributed by atoms with E-state index in [1.807, 2.05) is 18.3 Å². The Morgan fingerprint density at radius 3 is 2.08 bits per heavy atom. The van der Waals surface area contributed by atoms with Gasteiger partial charge in [0.15, 0.2) is 0 Å². The molecule has 251 valence electrons. The minimum Gasteiger partial charge on any atom is -0.500 e. The Morgan fingerprint density at radius 1 is 0.694 bits per heavy atom. The summed E-state index contributed by atoms with van der Waals surface area (Å²) in [5.41, 5.74) is 14.7. The van der Waals surface area contributed by atoms with Gasteiger partial charge in [-0.3, -0.25) is 0 Å². The molecule has 7 rings (SSSR count). The molecule has 0 amide bonds. The predicted octanol–water partition coefficient (Wildman–Crippen LogP) is 11.6. The first kappa shape index (κ1) is 36.5. The summed E-state index contributed by atoms with van der Waals surface area (Å²) >= 11 is -1.79. The van der Waals surface area contributed by atoms with Gasteiger partial charge in [-0.05, 0) is 59.8 Å². The van der Waals surface area contributed by atoms with Crippen LogP contribution in [-0.2, 0) is 20.1 Å². The van der Waals surface area contributed by atoms with Crippen LogP contribution in [0.5, 0.6) is 0 Å². The van der Waals surface area contributed by atoms with E-state index < -0.39 is 13.3 Å². The van der Waals surface area contributed by atoms with Crippen LogP contribution in [0.1, 0.15) is 47.6 Å². The number of pyridine rings is 2. The van der Waals surface area contributed by atoms with Crippen LogP contribution in [0.25, 0.3) is 55.6 Å². The van der Waals surface area contributed by atoms with E-state index >= 15 is 0 Å². The van der Waals surface area contributed by atoms with Crippen molar-refractivity contribution in [3.05, 3.63) is 137 Å². The third-order valence-electron chi connectivity index (χ3n) is 9.05. The van der Waals surface area contributed by atoms with E-state index in [0.29, 0.717) is 5.92 Å². The molecule has 0 atom stereocenters. The molecule has 0 bridgehead atoms. The van der Waals surface area contributed by atoms with E-state index in [1.165, 1.54) is 43.3 Å². The number of hydrogen-bond donors (Lipinski definition) is 0. The molecule has 3 heterocycles. The van der Waals surface area contributed by atoms with E-state index in [2.05, 4.69) is 160 Å². The summed E-state index contributed by atoms with van der Waals surface area (Å²) < 4.78 is 7.69. The summed E-state index contributed by atoms with van der Waals surface area (Å²) in [6.45, 7) is 13.0. The van der Waals surface area contributed by atoms with Crippen molar-refractivity contribution in [3.8, 4) is 33.6 Å². The quantitative estimate of drug-likeness (QED) is 0.128. The molecule has 1 radical (unpaired) electrons. The van der Waals surface area contributed by atoms with Crippen molar-refractivity contribution in [1.29, 1.82) is 0 Å². The minimum atomic E-state index is -1.79. The van der Waals surface area contributed by atoms with Crippen LogP contribution in [0.4, 0.5) is 0 Å². The number of furan rings is 1. The molecule has 3 aromatic heterocycles. The Labute approximate surface area is 307 Å². The van der Waals surface area contributed by atoms with Gasteiger partial charge in [0, 0.05) is 31.7 Å². The van der Waals surface area contributed by atoms with Gasteiger partial charge in [0.05, 0.1) is 5.58 Å². The fourth-order valence-electron chi connectivity index (χ4n) is 6.46. The van der Waals surface area contributed by atoms with Gasteiger partial charge >= 0.3 is 113 Å². The molecule has 5 heteroatoms. The smallest absolute Gasteiger partial charge is 0.121 e. The second kappa shape index (κ2) is 15.0. The van der Waals surface area contributed by atoms with Crippen molar-refractivity contribution in [1.82, 2.24) is 9.97 Å². The monoisotopic (exact) mass is 883 g/mol. The fraction of sp³-hybridized carbons (Fsp3) is 0.227. The van der Waals surface area contributed by atoms with Gasteiger partial charge in [-0.15, -0.1) is 23.8 Å². The molecule has 0 spiro atoms. The van der Waals surface area contributed by atoms with Crippen molar-refractivity contribution in [2.24, 2.45) is 0 Å². The molecule has 0 aliphatic carbocycles. The Balaban J connectivity index is 0.000000212. The van der Waals surface area contributed by atoms with E-state index in [-0.39, 0.29) is 20.1 Å². The van der Waals surface area contributed by atoms with Crippen molar-refractivity contribution >= 4 is 39.6 Å². The van der Waals surface area contributed by atoms with Crippen molar-refractivity contribution in [3.63, 3.8) is 0 Å². The van der Waals surface area contributed by atoms with E-state index in [9.17, 15) is 0 Å². The van der Waals surface area contributed by atoms with Crippen molar-refractivity contribution in [2.45, 2.75) is 64.7 Å². The zero-order valence-electron chi connectivity index (χ0n) is 30.0. The van der Waals surface area contributed by atoms with Gasteiger partial charge in [0.25, 0.3) is 0 Å². The van der Waals surface area contributed by atoms with Crippen LogP contribution in [0.15, 0.2) is 102 Å². The first-order valence-corrected chi connectivity index (χ1v) is 24.1. The molecular weight excluding hydrogens is 837 g/mol. The van der Waals surface area contributed by atoms with Crippen LogP contribution < -0.4 is 4.40 Å². The zero-order valence-corrected chi connectivity index (χ0v) is 34.4. The number of fused-ring (bicyclic) bond motifs is 3. The summed E-state index contributed by atoms with van der Waals surface area (Å²) in [5.74, 6) is 7.68. The molecule has 0 N–H and O–H groups in total. The normalized spacial score (nSPS) is 11.4. The largest absolute Gasteiger partial charge is 0.500 e. The fourth-order valence-corrected chi connectivity index (χ4v) is 10.0. The molecule has 7 aromatic rings. The van der Waals surface area contributed by atoms with Crippen molar-refractivity contribution in [2.75, 3.05) is 0 Å². The van der Waals surface area contributed by atoms with Crippen LogP contribution >= 0.6 is 0 Å². The Kier molecular flexibility index (Phi) is 11.1. The Morgan fingerprint density at radius 2 is 1.41 bits per heavy atom. The van der Waals surface area contributed by atoms with E-state index in [4.69, 9.17) is 4.42 Å². The second-order valence-corrected chi connectivity index (χ2v) is 24.8.